The number of amides is 1. The summed E-state index contributed by atoms with van der Waals surface area (Å²) >= 11 is 0. The molecule has 14 heavy (non-hydrogen) atoms. The van der Waals surface area contributed by atoms with Crippen LogP contribution in [0.4, 0.5) is 0 Å². The summed E-state index contributed by atoms with van der Waals surface area (Å²) in [5.74, 6) is 0.0550. The number of hydrogen-bond acceptors (Lipinski definition) is 3. The highest BCUT2D eigenvalue weighted by Gasteiger charge is 2.41. The number of likely N-dealkylation sites (N-methyl/N-ethyl adjacent to an activating group) is 1. The molecule has 0 aromatic carbocycles. The van der Waals surface area contributed by atoms with E-state index in [1.807, 2.05) is 0 Å². The van der Waals surface area contributed by atoms with E-state index in [2.05, 4.69) is 12.2 Å². The third kappa shape index (κ3) is 2.07. The Labute approximate surface area is 85.6 Å². The second-order valence-corrected chi connectivity index (χ2v) is 3.85. The van der Waals surface area contributed by atoms with Gasteiger partial charge in [-0.05, 0) is 25.8 Å². The van der Waals surface area contributed by atoms with Gasteiger partial charge in [-0.2, -0.15) is 0 Å². The maximum absolute atomic E-state index is 12.0. The lowest BCUT2D eigenvalue weighted by Crippen LogP contribution is -2.53. The highest BCUT2D eigenvalue weighted by Crippen LogP contribution is 2.26. The van der Waals surface area contributed by atoms with Gasteiger partial charge in [0.2, 0.25) is 0 Å². The fraction of sp³-hybridized carbons (Fsp3) is 0.900. The summed E-state index contributed by atoms with van der Waals surface area (Å²) in [6.45, 7) is 3.03. The molecule has 1 N–H and O–H groups in total. The number of carbonyl (C=O) groups excluding carboxylic acids is 1. The molecule has 0 aromatic heterocycles. The van der Waals surface area contributed by atoms with Gasteiger partial charge in [-0.1, -0.05) is 13.3 Å². The fourth-order valence-electron chi connectivity index (χ4n) is 2.12. The smallest absolute Gasteiger partial charge is 0.266 e. The van der Waals surface area contributed by atoms with Crippen LogP contribution >= 0.6 is 0 Å². The van der Waals surface area contributed by atoms with Crippen molar-refractivity contribution in [3.05, 3.63) is 0 Å². The number of nitrogens with one attached hydrogen (secondary N) is 1. The van der Waals surface area contributed by atoms with E-state index in [9.17, 15) is 4.79 Å². The van der Waals surface area contributed by atoms with E-state index in [0.29, 0.717) is 0 Å². The molecule has 0 spiro atoms. The Kier molecular flexibility index (Phi) is 3.89. The minimum absolute atomic E-state index is 0.0550. The van der Waals surface area contributed by atoms with Gasteiger partial charge in [0.25, 0.3) is 5.91 Å². The third-order valence-electron chi connectivity index (χ3n) is 2.89. The van der Waals surface area contributed by atoms with Gasteiger partial charge in [-0.15, -0.1) is 0 Å². The highest BCUT2D eigenvalue weighted by molar-refractivity contribution is 5.85. The van der Waals surface area contributed by atoms with Gasteiger partial charge < -0.3 is 5.32 Å². The summed E-state index contributed by atoms with van der Waals surface area (Å²) in [7, 11) is 3.19. The molecule has 0 aliphatic carbocycles. The van der Waals surface area contributed by atoms with E-state index in [1.54, 1.807) is 7.05 Å². The monoisotopic (exact) mass is 200 g/mol. The first-order valence-electron chi connectivity index (χ1n) is 5.23. The SMILES string of the molecule is CCCC1(C(=O)N(C)OC)CCCN1. The molecular weight excluding hydrogens is 180 g/mol. The second kappa shape index (κ2) is 4.75. The zero-order valence-corrected chi connectivity index (χ0v) is 9.30. The summed E-state index contributed by atoms with van der Waals surface area (Å²) in [5.41, 5.74) is -0.362. The van der Waals surface area contributed by atoms with Crippen molar-refractivity contribution in [2.75, 3.05) is 20.7 Å². The van der Waals surface area contributed by atoms with Crippen molar-refractivity contribution in [1.29, 1.82) is 0 Å². The quantitative estimate of drug-likeness (QED) is 0.686. The summed E-state index contributed by atoms with van der Waals surface area (Å²) in [4.78, 5) is 17.0. The number of nitrogens with zero attached hydrogens (tertiary/aromatic N) is 1. The third-order valence-corrected chi connectivity index (χ3v) is 2.89. The largest absolute Gasteiger partial charge is 0.303 e. The molecule has 4 heteroatoms. The van der Waals surface area contributed by atoms with Gasteiger partial charge in [-0.25, -0.2) is 5.06 Å². The van der Waals surface area contributed by atoms with Crippen LogP contribution in [0, 0.1) is 0 Å². The van der Waals surface area contributed by atoms with E-state index >= 15 is 0 Å². The van der Waals surface area contributed by atoms with Gasteiger partial charge in [0.1, 0.15) is 5.54 Å². The molecule has 1 fully saturated rings. The van der Waals surface area contributed by atoms with E-state index in [0.717, 1.165) is 32.2 Å². The molecule has 1 heterocycles. The van der Waals surface area contributed by atoms with Crippen molar-refractivity contribution in [3.8, 4) is 0 Å². The first-order valence-corrected chi connectivity index (χ1v) is 5.23. The minimum Gasteiger partial charge on any atom is -0.303 e. The molecule has 1 atom stereocenters. The summed E-state index contributed by atoms with van der Waals surface area (Å²) in [6.07, 6.45) is 3.90. The first kappa shape index (κ1) is 11.5. The van der Waals surface area contributed by atoms with Crippen molar-refractivity contribution >= 4 is 5.91 Å². The summed E-state index contributed by atoms with van der Waals surface area (Å²) in [5, 5.41) is 4.64. The lowest BCUT2D eigenvalue weighted by molar-refractivity contribution is -0.176. The Morgan fingerprint density at radius 2 is 2.36 bits per heavy atom. The molecular formula is C10H20N2O2. The molecule has 1 rings (SSSR count). The molecule has 4 nitrogen and oxygen atoms in total. The van der Waals surface area contributed by atoms with Crippen LogP contribution < -0.4 is 5.32 Å². The number of hydrogen-bond donors (Lipinski definition) is 1. The van der Waals surface area contributed by atoms with Crippen LogP contribution in [0.1, 0.15) is 32.6 Å². The van der Waals surface area contributed by atoms with Crippen molar-refractivity contribution in [1.82, 2.24) is 10.4 Å². The number of hydroxylamine groups is 2. The Morgan fingerprint density at radius 3 is 2.79 bits per heavy atom. The maximum atomic E-state index is 12.0. The molecule has 82 valence electrons. The van der Waals surface area contributed by atoms with E-state index in [4.69, 9.17) is 4.84 Å². The molecule has 1 amide bonds. The zero-order valence-electron chi connectivity index (χ0n) is 9.30. The second-order valence-electron chi connectivity index (χ2n) is 3.85. The standard InChI is InChI=1S/C10H20N2O2/c1-4-6-10(7-5-8-11-10)9(13)12(2)14-3/h11H,4-8H2,1-3H3. The number of rotatable bonds is 4. The van der Waals surface area contributed by atoms with Gasteiger partial charge >= 0.3 is 0 Å². The van der Waals surface area contributed by atoms with Gasteiger partial charge in [0.15, 0.2) is 0 Å². The summed E-state index contributed by atoms with van der Waals surface area (Å²) in [6, 6.07) is 0. The van der Waals surface area contributed by atoms with Gasteiger partial charge in [0.05, 0.1) is 7.11 Å². The lowest BCUT2D eigenvalue weighted by atomic mass is 9.91. The molecule has 1 unspecified atom stereocenters. The Bertz CT molecular complexity index is 200. The molecule has 1 saturated heterocycles. The number of carbonyl (C=O) groups is 1. The molecule has 0 saturated carbocycles. The average Bonchev–Trinajstić information content (AvgIpc) is 2.66. The highest BCUT2D eigenvalue weighted by atomic mass is 16.7. The van der Waals surface area contributed by atoms with E-state index in [-0.39, 0.29) is 11.4 Å². The Hall–Kier alpha value is -0.610. The van der Waals surface area contributed by atoms with Crippen LogP contribution in [0.5, 0.6) is 0 Å². The van der Waals surface area contributed by atoms with Crippen LogP contribution in [-0.2, 0) is 9.63 Å². The molecule has 0 aromatic rings. The molecule has 0 bridgehead atoms. The fourth-order valence-corrected chi connectivity index (χ4v) is 2.12. The lowest BCUT2D eigenvalue weighted by Gasteiger charge is -2.31. The Balaban J connectivity index is 2.71. The average molecular weight is 200 g/mol. The van der Waals surface area contributed by atoms with Crippen molar-refractivity contribution in [3.63, 3.8) is 0 Å². The van der Waals surface area contributed by atoms with Crippen molar-refractivity contribution in [2.45, 2.75) is 38.1 Å². The maximum Gasteiger partial charge on any atom is 0.266 e. The predicted octanol–water partition coefficient (Wildman–Crippen LogP) is 0.928. The minimum atomic E-state index is -0.362. The predicted molar refractivity (Wildman–Crippen MR) is 54.7 cm³/mol. The normalized spacial score (nSPS) is 26.5. The summed E-state index contributed by atoms with van der Waals surface area (Å²) < 4.78 is 0. The molecule has 0 radical (unpaired) electrons. The zero-order chi connectivity index (χ0) is 10.6. The van der Waals surface area contributed by atoms with Crippen LogP contribution in [0.15, 0.2) is 0 Å². The van der Waals surface area contributed by atoms with Crippen LogP contribution in [0.25, 0.3) is 0 Å². The molecule has 1 aliphatic rings. The van der Waals surface area contributed by atoms with E-state index < -0.39 is 0 Å². The van der Waals surface area contributed by atoms with Crippen molar-refractivity contribution < 1.29 is 9.63 Å². The van der Waals surface area contributed by atoms with Crippen molar-refractivity contribution in [2.24, 2.45) is 0 Å². The van der Waals surface area contributed by atoms with Crippen LogP contribution in [-0.4, -0.2) is 37.2 Å². The van der Waals surface area contributed by atoms with Crippen LogP contribution in [0.2, 0.25) is 0 Å². The van der Waals surface area contributed by atoms with Gasteiger partial charge in [-0.3, -0.25) is 9.63 Å². The Morgan fingerprint density at radius 1 is 1.64 bits per heavy atom. The topological polar surface area (TPSA) is 41.6 Å². The first-order chi connectivity index (χ1) is 6.66. The van der Waals surface area contributed by atoms with Gasteiger partial charge in [0, 0.05) is 7.05 Å². The molecule has 1 aliphatic heterocycles. The van der Waals surface area contributed by atoms with E-state index in [1.165, 1.54) is 12.2 Å². The van der Waals surface area contributed by atoms with Crippen LogP contribution in [0.3, 0.4) is 0 Å².